The molecule has 6 nitrogen and oxygen atoms in total. The number of ether oxygens (including phenoxy) is 1. The number of hydrogen-bond donors (Lipinski definition) is 1. The number of unbranched alkanes of at least 4 members (excludes halogenated alkanes) is 1. The molecule has 0 radical (unpaired) electrons. The van der Waals surface area contributed by atoms with Gasteiger partial charge in [0.15, 0.2) is 0 Å². The molecule has 4 aromatic rings. The number of piperazine rings is 1. The van der Waals surface area contributed by atoms with E-state index in [0.717, 1.165) is 30.4 Å². The summed E-state index contributed by atoms with van der Waals surface area (Å²) in [7, 11) is 0. The smallest absolute Gasteiger partial charge is 0.259 e. The first kappa shape index (κ1) is 29.5. The molecule has 2 amide bonds. The largest absolute Gasteiger partial charge is 0.493 e. The van der Waals surface area contributed by atoms with Gasteiger partial charge in [-0.1, -0.05) is 102 Å². The lowest BCUT2D eigenvalue weighted by Gasteiger charge is -2.40. The number of carbonyl (C=O) groups excluding carboxylic acids is 2. The zero-order chi connectivity index (χ0) is 29.3. The molecule has 0 bridgehead atoms. The second kappa shape index (κ2) is 14.3. The van der Waals surface area contributed by atoms with Gasteiger partial charge in [-0.3, -0.25) is 14.5 Å². The lowest BCUT2D eigenvalue weighted by molar-refractivity contribution is 0.0598. The molecule has 4 aromatic carbocycles. The zero-order valence-corrected chi connectivity index (χ0v) is 25.4. The van der Waals surface area contributed by atoms with Crippen molar-refractivity contribution >= 4 is 33.4 Å². The monoisotopic (exact) mass is 625 g/mol. The van der Waals surface area contributed by atoms with E-state index in [9.17, 15) is 9.59 Å². The SMILES string of the molecule is CCCCOc1ccc(Br)cc1C(=O)Nc1ccccc1C(=O)N1CCN(C(c2ccccc2)c2ccccc2)CC1. The molecular weight excluding hydrogens is 590 g/mol. The summed E-state index contributed by atoms with van der Waals surface area (Å²) in [6.07, 6.45) is 1.90. The number of halogens is 1. The maximum Gasteiger partial charge on any atom is 0.259 e. The summed E-state index contributed by atoms with van der Waals surface area (Å²) in [4.78, 5) is 31.5. The van der Waals surface area contributed by atoms with Crippen molar-refractivity contribution in [2.75, 3.05) is 38.1 Å². The molecule has 0 saturated carbocycles. The molecule has 5 rings (SSSR count). The molecule has 42 heavy (non-hydrogen) atoms. The Kier molecular flexibility index (Phi) is 10.1. The lowest BCUT2D eigenvalue weighted by Crippen LogP contribution is -2.50. The van der Waals surface area contributed by atoms with E-state index in [1.165, 1.54) is 11.1 Å². The van der Waals surface area contributed by atoms with Crippen molar-refractivity contribution in [3.8, 4) is 5.75 Å². The molecule has 0 aromatic heterocycles. The number of nitrogens with zero attached hydrogens (tertiary/aromatic N) is 2. The Bertz CT molecular complexity index is 1450. The molecule has 1 heterocycles. The summed E-state index contributed by atoms with van der Waals surface area (Å²) < 4.78 is 6.68. The van der Waals surface area contributed by atoms with E-state index in [4.69, 9.17) is 4.74 Å². The minimum Gasteiger partial charge on any atom is -0.493 e. The number of amides is 2. The van der Waals surface area contributed by atoms with Gasteiger partial charge in [-0.2, -0.15) is 0 Å². The molecule has 7 heteroatoms. The van der Waals surface area contributed by atoms with E-state index in [0.29, 0.717) is 42.3 Å². The van der Waals surface area contributed by atoms with E-state index in [2.05, 4.69) is 81.6 Å². The summed E-state index contributed by atoms with van der Waals surface area (Å²) >= 11 is 3.47. The first-order valence-corrected chi connectivity index (χ1v) is 15.3. The fourth-order valence-electron chi connectivity index (χ4n) is 5.34. The van der Waals surface area contributed by atoms with Crippen LogP contribution in [0, 0.1) is 0 Å². The van der Waals surface area contributed by atoms with Crippen molar-refractivity contribution in [2.24, 2.45) is 0 Å². The maximum absolute atomic E-state index is 13.8. The highest BCUT2D eigenvalue weighted by Gasteiger charge is 2.29. The Morgan fingerprint density at radius 2 is 1.43 bits per heavy atom. The van der Waals surface area contributed by atoms with Crippen molar-refractivity contribution in [3.63, 3.8) is 0 Å². The molecule has 0 atom stereocenters. The second-order valence-corrected chi connectivity index (χ2v) is 11.3. The molecule has 1 aliphatic rings. The highest BCUT2D eigenvalue weighted by molar-refractivity contribution is 9.10. The van der Waals surface area contributed by atoms with Crippen LogP contribution in [0.3, 0.4) is 0 Å². The highest BCUT2D eigenvalue weighted by Crippen LogP contribution is 2.30. The van der Waals surface area contributed by atoms with E-state index in [1.807, 2.05) is 35.2 Å². The first-order chi connectivity index (χ1) is 20.5. The number of anilines is 1. The standard InChI is InChI=1S/C35H36BrN3O3/c1-2-3-24-42-32-19-18-28(36)25-30(32)34(40)37-31-17-11-10-16-29(31)35(41)39-22-20-38(21-23-39)33(26-12-6-4-7-13-26)27-14-8-5-9-15-27/h4-19,25,33H,2-3,20-24H2,1H3,(H,37,40). The number of benzene rings is 4. The van der Waals surface area contributed by atoms with Gasteiger partial charge in [-0.05, 0) is 47.9 Å². The van der Waals surface area contributed by atoms with E-state index < -0.39 is 0 Å². The van der Waals surface area contributed by atoms with Crippen LogP contribution in [0.1, 0.15) is 57.7 Å². The normalized spacial score (nSPS) is 13.6. The molecule has 0 aliphatic carbocycles. The Labute approximate surface area is 256 Å². The van der Waals surface area contributed by atoms with Crippen LogP contribution in [0.4, 0.5) is 5.69 Å². The Morgan fingerprint density at radius 3 is 2.07 bits per heavy atom. The number of hydrogen-bond acceptors (Lipinski definition) is 4. The quantitative estimate of drug-likeness (QED) is 0.186. The summed E-state index contributed by atoms with van der Waals surface area (Å²) in [6.45, 7) is 5.30. The third-order valence-electron chi connectivity index (χ3n) is 7.54. The van der Waals surface area contributed by atoms with E-state index >= 15 is 0 Å². The van der Waals surface area contributed by atoms with Gasteiger partial charge >= 0.3 is 0 Å². The lowest BCUT2D eigenvalue weighted by atomic mass is 9.96. The van der Waals surface area contributed by atoms with Crippen LogP contribution in [0.15, 0.2) is 108 Å². The van der Waals surface area contributed by atoms with Crippen LogP contribution in [-0.2, 0) is 0 Å². The van der Waals surface area contributed by atoms with Crippen molar-refractivity contribution in [2.45, 2.75) is 25.8 Å². The van der Waals surface area contributed by atoms with Gasteiger partial charge in [0, 0.05) is 30.7 Å². The highest BCUT2D eigenvalue weighted by atomic mass is 79.9. The third-order valence-corrected chi connectivity index (χ3v) is 8.04. The molecule has 0 spiro atoms. The first-order valence-electron chi connectivity index (χ1n) is 14.5. The van der Waals surface area contributed by atoms with Gasteiger partial charge in [-0.15, -0.1) is 0 Å². The molecule has 1 fully saturated rings. The third kappa shape index (κ3) is 7.09. The number of nitrogens with one attached hydrogen (secondary N) is 1. The van der Waals surface area contributed by atoms with Gasteiger partial charge in [0.1, 0.15) is 5.75 Å². The van der Waals surface area contributed by atoms with Crippen LogP contribution in [-0.4, -0.2) is 54.4 Å². The minimum atomic E-state index is -0.318. The number of para-hydroxylation sites is 1. The molecule has 0 unspecified atom stereocenters. The summed E-state index contributed by atoms with van der Waals surface area (Å²) in [5, 5.41) is 2.98. The van der Waals surface area contributed by atoms with Crippen molar-refractivity contribution < 1.29 is 14.3 Å². The maximum atomic E-state index is 13.8. The van der Waals surface area contributed by atoms with Crippen LogP contribution in [0.25, 0.3) is 0 Å². The predicted molar refractivity (Wildman–Crippen MR) is 171 cm³/mol. The van der Waals surface area contributed by atoms with Crippen molar-refractivity contribution in [1.82, 2.24) is 9.80 Å². The fourth-order valence-corrected chi connectivity index (χ4v) is 5.70. The van der Waals surface area contributed by atoms with E-state index in [-0.39, 0.29) is 17.9 Å². The van der Waals surface area contributed by atoms with Crippen LogP contribution in [0.2, 0.25) is 0 Å². The second-order valence-electron chi connectivity index (χ2n) is 10.4. The fraction of sp³-hybridized carbons (Fsp3) is 0.257. The average Bonchev–Trinajstić information content (AvgIpc) is 3.03. The minimum absolute atomic E-state index is 0.0878. The van der Waals surface area contributed by atoms with Crippen molar-refractivity contribution in [1.29, 1.82) is 0 Å². The summed E-state index contributed by atoms with van der Waals surface area (Å²) in [6, 6.07) is 33.8. The van der Waals surface area contributed by atoms with Crippen LogP contribution < -0.4 is 10.1 Å². The Balaban J connectivity index is 1.30. The molecule has 216 valence electrons. The van der Waals surface area contributed by atoms with Crippen LogP contribution in [0.5, 0.6) is 5.75 Å². The van der Waals surface area contributed by atoms with Gasteiger partial charge < -0.3 is 15.0 Å². The topological polar surface area (TPSA) is 61.9 Å². The van der Waals surface area contributed by atoms with Gasteiger partial charge in [0.05, 0.1) is 29.5 Å². The predicted octanol–water partition coefficient (Wildman–Crippen LogP) is 7.43. The van der Waals surface area contributed by atoms with Gasteiger partial charge in [0.25, 0.3) is 11.8 Å². The molecule has 1 N–H and O–H groups in total. The average molecular weight is 627 g/mol. The van der Waals surface area contributed by atoms with Gasteiger partial charge in [-0.25, -0.2) is 0 Å². The zero-order valence-electron chi connectivity index (χ0n) is 23.8. The molecule has 1 aliphatic heterocycles. The Morgan fingerprint density at radius 1 is 0.810 bits per heavy atom. The summed E-state index contributed by atoms with van der Waals surface area (Å²) in [5.74, 6) is 0.118. The van der Waals surface area contributed by atoms with Gasteiger partial charge in [0.2, 0.25) is 0 Å². The molecular formula is C35H36BrN3O3. The van der Waals surface area contributed by atoms with Crippen LogP contribution >= 0.6 is 15.9 Å². The number of rotatable bonds is 10. The molecule has 1 saturated heterocycles. The van der Waals surface area contributed by atoms with E-state index in [1.54, 1.807) is 24.3 Å². The number of carbonyl (C=O) groups is 2. The Hall–Kier alpha value is -3.94. The summed E-state index contributed by atoms with van der Waals surface area (Å²) in [5.41, 5.74) is 3.86. The van der Waals surface area contributed by atoms with Crippen molar-refractivity contribution in [3.05, 3.63) is 130 Å².